The molecular weight excluding hydrogens is 414 g/mol. The third-order valence-electron chi connectivity index (χ3n) is 4.32. The van der Waals surface area contributed by atoms with E-state index < -0.39 is 0 Å². The molecule has 0 aliphatic carbocycles. The molecule has 4 nitrogen and oxygen atoms in total. The molecule has 1 amide bonds. The van der Waals surface area contributed by atoms with Crippen LogP contribution in [0.15, 0.2) is 83.3 Å². The van der Waals surface area contributed by atoms with Gasteiger partial charge in [-0.2, -0.15) is 0 Å². The highest BCUT2D eigenvalue weighted by atomic mass is 79.9. The number of nitrogens with zero attached hydrogens (tertiary/aromatic N) is 2. The highest BCUT2D eigenvalue weighted by Gasteiger charge is 2.12. The molecular formula is C23H18BrN3O. The number of aromatic nitrogens is 2. The summed E-state index contributed by atoms with van der Waals surface area (Å²) in [5.74, 6) is 0.644. The van der Waals surface area contributed by atoms with Crippen LogP contribution in [0.3, 0.4) is 0 Å². The van der Waals surface area contributed by atoms with E-state index in [9.17, 15) is 4.79 Å². The van der Waals surface area contributed by atoms with Gasteiger partial charge in [0.1, 0.15) is 12.4 Å². The van der Waals surface area contributed by atoms with Crippen molar-refractivity contribution in [2.24, 2.45) is 0 Å². The lowest BCUT2D eigenvalue weighted by Gasteiger charge is -2.09. The average molecular weight is 432 g/mol. The topological polar surface area (TPSA) is 46.9 Å². The first kappa shape index (κ1) is 18.2. The molecule has 0 radical (unpaired) electrons. The zero-order valence-electron chi connectivity index (χ0n) is 15.0. The molecule has 138 valence electrons. The summed E-state index contributed by atoms with van der Waals surface area (Å²) in [6.07, 6.45) is 3.95. The summed E-state index contributed by atoms with van der Waals surface area (Å²) < 4.78 is 2.85. The van der Waals surface area contributed by atoms with Crippen LogP contribution in [0.4, 0.5) is 5.69 Å². The lowest BCUT2D eigenvalue weighted by Crippen LogP contribution is -2.19. The highest BCUT2D eigenvalue weighted by molar-refractivity contribution is 9.10. The van der Waals surface area contributed by atoms with Crippen LogP contribution >= 0.6 is 15.9 Å². The first-order valence-corrected chi connectivity index (χ1v) is 9.72. The SMILES string of the molecule is O=C(Cn1c(C=Cc2ccccc2)nc2ccccc21)Nc1cccc(Br)c1. The van der Waals surface area contributed by atoms with Gasteiger partial charge in [-0.15, -0.1) is 0 Å². The quantitative estimate of drug-likeness (QED) is 0.446. The second-order valence-corrected chi connectivity index (χ2v) is 7.26. The molecule has 0 aliphatic rings. The zero-order chi connectivity index (χ0) is 19.3. The smallest absolute Gasteiger partial charge is 0.244 e. The Morgan fingerprint density at radius 1 is 0.964 bits per heavy atom. The van der Waals surface area contributed by atoms with Crippen molar-refractivity contribution in [1.82, 2.24) is 9.55 Å². The molecule has 1 N–H and O–H groups in total. The van der Waals surface area contributed by atoms with Crippen molar-refractivity contribution < 1.29 is 4.79 Å². The van der Waals surface area contributed by atoms with E-state index in [1.165, 1.54) is 0 Å². The van der Waals surface area contributed by atoms with Gasteiger partial charge in [-0.1, -0.05) is 70.5 Å². The maximum atomic E-state index is 12.7. The van der Waals surface area contributed by atoms with E-state index in [4.69, 9.17) is 4.98 Å². The van der Waals surface area contributed by atoms with Gasteiger partial charge in [0.05, 0.1) is 11.0 Å². The number of para-hydroxylation sites is 2. The molecule has 0 aliphatic heterocycles. The molecule has 0 spiro atoms. The minimum absolute atomic E-state index is 0.101. The van der Waals surface area contributed by atoms with E-state index in [1.54, 1.807) is 0 Å². The Kier molecular flexibility index (Phi) is 5.35. The van der Waals surface area contributed by atoms with Crippen LogP contribution < -0.4 is 5.32 Å². The summed E-state index contributed by atoms with van der Waals surface area (Å²) in [5, 5.41) is 2.95. The number of halogens is 1. The number of hydrogen-bond donors (Lipinski definition) is 1. The predicted molar refractivity (Wildman–Crippen MR) is 118 cm³/mol. The average Bonchev–Trinajstić information content (AvgIpc) is 3.05. The van der Waals surface area contributed by atoms with Crippen molar-refractivity contribution in [2.45, 2.75) is 6.54 Å². The van der Waals surface area contributed by atoms with Gasteiger partial charge in [0.25, 0.3) is 0 Å². The van der Waals surface area contributed by atoms with Gasteiger partial charge in [0, 0.05) is 10.2 Å². The first-order valence-electron chi connectivity index (χ1n) is 8.93. The molecule has 28 heavy (non-hydrogen) atoms. The summed E-state index contributed by atoms with van der Waals surface area (Å²) in [4.78, 5) is 17.4. The van der Waals surface area contributed by atoms with E-state index in [0.717, 1.165) is 32.6 Å². The van der Waals surface area contributed by atoms with Crippen LogP contribution in [0.1, 0.15) is 11.4 Å². The minimum Gasteiger partial charge on any atom is -0.324 e. The van der Waals surface area contributed by atoms with Crippen molar-refractivity contribution >= 4 is 50.7 Å². The third kappa shape index (κ3) is 4.21. The Morgan fingerprint density at radius 3 is 2.57 bits per heavy atom. The normalized spacial score (nSPS) is 11.2. The predicted octanol–water partition coefficient (Wildman–Crippen LogP) is 5.61. The number of hydrogen-bond acceptors (Lipinski definition) is 2. The molecule has 1 aromatic heterocycles. The Hall–Kier alpha value is -3.18. The van der Waals surface area contributed by atoms with Crippen LogP contribution in [0.5, 0.6) is 0 Å². The van der Waals surface area contributed by atoms with Crippen LogP contribution in [-0.2, 0) is 11.3 Å². The van der Waals surface area contributed by atoms with Gasteiger partial charge < -0.3 is 9.88 Å². The van der Waals surface area contributed by atoms with Crippen molar-refractivity contribution in [3.8, 4) is 0 Å². The molecule has 4 rings (SSSR count). The Balaban J connectivity index is 1.63. The van der Waals surface area contributed by atoms with E-state index in [0.29, 0.717) is 0 Å². The number of fused-ring (bicyclic) bond motifs is 1. The summed E-state index contributed by atoms with van der Waals surface area (Å²) >= 11 is 3.42. The highest BCUT2D eigenvalue weighted by Crippen LogP contribution is 2.19. The lowest BCUT2D eigenvalue weighted by molar-refractivity contribution is -0.116. The maximum Gasteiger partial charge on any atom is 0.244 e. The Bertz CT molecular complexity index is 1150. The molecule has 5 heteroatoms. The van der Waals surface area contributed by atoms with Crippen LogP contribution in [0, 0.1) is 0 Å². The fraction of sp³-hybridized carbons (Fsp3) is 0.0435. The van der Waals surface area contributed by atoms with Crippen LogP contribution in [-0.4, -0.2) is 15.5 Å². The second-order valence-electron chi connectivity index (χ2n) is 6.35. The Morgan fingerprint density at radius 2 is 1.75 bits per heavy atom. The second kappa shape index (κ2) is 8.23. The fourth-order valence-corrected chi connectivity index (χ4v) is 3.43. The van der Waals surface area contributed by atoms with E-state index in [-0.39, 0.29) is 12.5 Å². The van der Waals surface area contributed by atoms with Gasteiger partial charge in [0.15, 0.2) is 0 Å². The summed E-state index contributed by atoms with van der Waals surface area (Å²) in [7, 11) is 0. The zero-order valence-corrected chi connectivity index (χ0v) is 16.6. The standard InChI is InChI=1S/C23H18BrN3O/c24-18-9-6-10-19(15-18)25-23(28)16-27-21-12-5-4-11-20(21)26-22(27)14-13-17-7-2-1-3-8-17/h1-15H,16H2,(H,25,28). The largest absolute Gasteiger partial charge is 0.324 e. The van der Waals surface area contributed by atoms with Crippen molar-refractivity contribution in [2.75, 3.05) is 5.32 Å². The summed E-state index contributed by atoms with van der Waals surface area (Å²) in [5.41, 5.74) is 3.63. The van der Waals surface area contributed by atoms with Crippen molar-refractivity contribution in [3.05, 3.63) is 94.7 Å². The van der Waals surface area contributed by atoms with E-state index >= 15 is 0 Å². The Labute approximate surface area is 171 Å². The van der Waals surface area contributed by atoms with Crippen molar-refractivity contribution in [3.63, 3.8) is 0 Å². The van der Waals surface area contributed by atoms with E-state index in [1.807, 2.05) is 95.6 Å². The number of carbonyl (C=O) groups excluding carboxylic acids is 1. The molecule has 3 aromatic carbocycles. The lowest BCUT2D eigenvalue weighted by atomic mass is 10.2. The molecule has 0 bridgehead atoms. The number of anilines is 1. The number of nitrogens with one attached hydrogen (secondary N) is 1. The van der Waals surface area contributed by atoms with Gasteiger partial charge in [-0.25, -0.2) is 4.98 Å². The molecule has 1 heterocycles. The monoisotopic (exact) mass is 431 g/mol. The number of amides is 1. The number of imidazole rings is 1. The first-order chi connectivity index (χ1) is 13.7. The molecule has 0 fully saturated rings. The number of rotatable bonds is 5. The molecule has 0 unspecified atom stereocenters. The maximum absolute atomic E-state index is 12.7. The molecule has 0 saturated heterocycles. The van der Waals surface area contributed by atoms with Gasteiger partial charge in [0.2, 0.25) is 5.91 Å². The van der Waals surface area contributed by atoms with Gasteiger partial charge in [-0.3, -0.25) is 4.79 Å². The molecule has 0 saturated carbocycles. The van der Waals surface area contributed by atoms with Crippen LogP contribution in [0.25, 0.3) is 23.2 Å². The van der Waals surface area contributed by atoms with Gasteiger partial charge >= 0.3 is 0 Å². The molecule has 0 atom stereocenters. The third-order valence-corrected chi connectivity index (χ3v) is 4.81. The molecule has 4 aromatic rings. The summed E-state index contributed by atoms with van der Waals surface area (Å²) in [6.45, 7) is 0.182. The number of carbonyl (C=O) groups is 1. The number of benzene rings is 3. The van der Waals surface area contributed by atoms with Crippen LogP contribution in [0.2, 0.25) is 0 Å². The minimum atomic E-state index is -0.101. The summed E-state index contributed by atoms with van der Waals surface area (Å²) in [6, 6.07) is 25.4. The van der Waals surface area contributed by atoms with Crippen molar-refractivity contribution in [1.29, 1.82) is 0 Å². The fourth-order valence-electron chi connectivity index (χ4n) is 3.03. The van der Waals surface area contributed by atoms with E-state index in [2.05, 4.69) is 21.2 Å². The van der Waals surface area contributed by atoms with Gasteiger partial charge in [-0.05, 0) is 42.0 Å².